The molecule has 0 aliphatic heterocycles. The Morgan fingerprint density at radius 1 is 1.57 bits per heavy atom. The first-order valence-electron chi connectivity index (χ1n) is 5.45. The van der Waals surface area contributed by atoms with Gasteiger partial charge < -0.3 is 5.73 Å². The molecule has 0 saturated heterocycles. The van der Waals surface area contributed by atoms with Crippen LogP contribution in [0.25, 0.3) is 0 Å². The van der Waals surface area contributed by atoms with Crippen LogP contribution in [0.2, 0.25) is 0 Å². The molecule has 1 heterocycles. The molecule has 0 amide bonds. The molecule has 1 aliphatic carbocycles. The Kier molecular flexibility index (Phi) is 2.25. The molecule has 1 aromatic heterocycles. The van der Waals surface area contributed by atoms with Crippen LogP contribution in [0.5, 0.6) is 0 Å². The zero-order chi connectivity index (χ0) is 10.2. The minimum Gasteiger partial charge on any atom is -0.382 e. The van der Waals surface area contributed by atoms with Gasteiger partial charge in [-0.25, -0.2) is 0 Å². The van der Waals surface area contributed by atoms with Crippen LogP contribution in [-0.4, -0.2) is 9.78 Å². The zero-order valence-electron chi connectivity index (χ0n) is 9.08. The van der Waals surface area contributed by atoms with Crippen LogP contribution in [0.4, 0.5) is 5.82 Å². The van der Waals surface area contributed by atoms with E-state index in [-0.39, 0.29) is 0 Å². The van der Waals surface area contributed by atoms with Gasteiger partial charge in [-0.2, -0.15) is 5.10 Å². The van der Waals surface area contributed by atoms with E-state index in [2.05, 4.69) is 18.2 Å². The lowest BCUT2D eigenvalue weighted by Crippen LogP contribution is -2.33. The summed E-state index contributed by atoms with van der Waals surface area (Å²) >= 11 is 0. The number of rotatable bonds is 3. The van der Waals surface area contributed by atoms with Gasteiger partial charge in [-0.15, -0.1) is 0 Å². The molecule has 2 rings (SSSR count). The van der Waals surface area contributed by atoms with E-state index in [0.29, 0.717) is 11.2 Å². The van der Waals surface area contributed by atoms with E-state index in [1.54, 1.807) is 0 Å². The lowest BCUT2D eigenvalue weighted by molar-refractivity contribution is 0.0951. The molecule has 0 spiro atoms. The molecule has 3 nitrogen and oxygen atoms in total. The Balaban J connectivity index is 2.09. The van der Waals surface area contributed by atoms with Crippen LogP contribution in [-0.2, 0) is 6.54 Å². The highest BCUT2D eigenvalue weighted by atomic mass is 15.3. The number of aromatic nitrogens is 2. The summed E-state index contributed by atoms with van der Waals surface area (Å²) in [5.41, 5.74) is 7.34. The summed E-state index contributed by atoms with van der Waals surface area (Å²) in [6.45, 7) is 5.33. The molecule has 0 aromatic carbocycles. The molecular formula is C11H19N3. The topological polar surface area (TPSA) is 43.8 Å². The second-order valence-electron chi connectivity index (χ2n) is 4.60. The van der Waals surface area contributed by atoms with Gasteiger partial charge in [0, 0.05) is 18.3 Å². The summed E-state index contributed by atoms with van der Waals surface area (Å²) in [4.78, 5) is 0. The van der Waals surface area contributed by atoms with E-state index in [1.165, 1.54) is 25.7 Å². The van der Waals surface area contributed by atoms with E-state index >= 15 is 0 Å². The van der Waals surface area contributed by atoms with Crippen molar-refractivity contribution in [3.05, 3.63) is 11.8 Å². The smallest absolute Gasteiger partial charge is 0.148 e. The van der Waals surface area contributed by atoms with Crippen LogP contribution in [0, 0.1) is 12.3 Å². The second-order valence-corrected chi connectivity index (χ2v) is 4.60. The summed E-state index contributed by atoms with van der Waals surface area (Å²) in [6.07, 6.45) is 7.39. The van der Waals surface area contributed by atoms with Crippen molar-refractivity contribution >= 4 is 5.82 Å². The summed E-state index contributed by atoms with van der Waals surface area (Å²) < 4.78 is 2.02. The number of nitrogens with two attached hydrogens (primary N) is 1. The number of hydrogen-bond donors (Lipinski definition) is 1. The molecule has 3 heteroatoms. The molecule has 0 atom stereocenters. The fraction of sp³-hybridized carbons (Fsp3) is 0.727. The monoisotopic (exact) mass is 193 g/mol. The summed E-state index contributed by atoms with van der Waals surface area (Å²) in [7, 11) is 0. The molecule has 1 aliphatic rings. The van der Waals surface area contributed by atoms with Gasteiger partial charge in [-0.1, -0.05) is 13.3 Å². The highest BCUT2D eigenvalue weighted by Gasteiger charge is 2.35. The van der Waals surface area contributed by atoms with Crippen molar-refractivity contribution in [2.75, 3.05) is 5.73 Å². The highest BCUT2D eigenvalue weighted by Crippen LogP contribution is 2.45. The standard InChI is InChI=1S/C11H19N3/c1-3-11(5-4-6-11)8-14-7-9(2)10(12)13-14/h7H,3-6,8H2,1-2H3,(H2,12,13). The Morgan fingerprint density at radius 2 is 2.29 bits per heavy atom. The Bertz CT molecular complexity index is 298. The van der Waals surface area contributed by atoms with Gasteiger partial charge >= 0.3 is 0 Å². The highest BCUT2D eigenvalue weighted by molar-refractivity contribution is 5.35. The average molecular weight is 193 g/mol. The van der Waals surface area contributed by atoms with Crippen molar-refractivity contribution in [3.63, 3.8) is 0 Å². The van der Waals surface area contributed by atoms with Gasteiger partial charge in [-0.05, 0) is 31.6 Å². The maximum atomic E-state index is 5.73. The van der Waals surface area contributed by atoms with Crippen molar-refractivity contribution in [2.45, 2.75) is 46.1 Å². The predicted molar refractivity (Wildman–Crippen MR) is 58.0 cm³/mol. The minimum absolute atomic E-state index is 0.519. The van der Waals surface area contributed by atoms with Gasteiger partial charge in [0.1, 0.15) is 5.82 Å². The summed E-state index contributed by atoms with van der Waals surface area (Å²) in [5, 5.41) is 4.32. The molecule has 1 saturated carbocycles. The summed E-state index contributed by atoms with van der Waals surface area (Å²) in [6, 6.07) is 0. The van der Waals surface area contributed by atoms with Gasteiger partial charge in [-0.3, -0.25) is 4.68 Å². The first kappa shape index (κ1) is 9.56. The molecule has 1 aromatic rings. The zero-order valence-corrected chi connectivity index (χ0v) is 9.08. The largest absolute Gasteiger partial charge is 0.382 e. The predicted octanol–water partition coefficient (Wildman–Crippen LogP) is 2.35. The molecule has 0 radical (unpaired) electrons. The third kappa shape index (κ3) is 1.51. The summed E-state index contributed by atoms with van der Waals surface area (Å²) in [5.74, 6) is 0.676. The molecule has 0 bridgehead atoms. The SMILES string of the molecule is CCC1(Cn2cc(C)c(N)n2)CCC1. The molecule has 14 heavy (non-hydrogen) atoms. The maximum Gasteiger partial charge on any atom is 0.148 e. The van der Waals surface area contributed by atoms with Crippen LogP contribution in [0.1, 0.15) is 38.2 Å². The van der Waals surface area contributed by atoms with E-state index in [0.717, 1.165) is 12.1 Å². The van der Waals surface area contributed by atoms with Crippen molar-refractivity contribution in [1.82, 2.24) is 9.78 Å². The number of nitrogen functional groups attached to an aromatic ring is 1. The maximum absolute atomic E-state index is 5.73. The van der Waals surface area contributed by atoms with Crippen molar-refractivity contribution in [2.24, 2.45) is 5.41 Å². The van der Waals surface area contributed by atoms with Crippen LogP contribution in [0.3, 0.4) is 0 Å². The number of hydrogen-bond acceptors (Lipinski definition) is 2. The first-order chi connectivity index (χ1) is 6.65. The molecular weight excluding hydrogens is 174 g/mol. The third-order valence-electron chi connectivity index (χ3n) is 3.64. The van der Waals surface area contributed by atoms with Gasteiger partial charge in [0.05, 0.1) is 0 Å². The lowest BCUT2D eigenvalue weighted by atomic mass is 9.67. The normalized spacial score (nSPS) is 19.3. The number of nitrogens with zero attached hydrogens (tertiary/aromatic N) is 2. The fourth-order valence-corrected chi connectivity index (χ4v) is 2.26. The van der Waals surface area contributed by atoms with Crippen LogP contribution < -0.4 is 5.73 Å². The van der Waals surface area contributed by atoms with E-state index in [4.69, 9.17) is 5.73 Å². The van der Waals surface area contributed by atoms with E-state index in [1.807, 2.05) is 11.6 Å². The van der Waals surface area contributed by atoms with Crippen LogP contribution >= 0.6 is 0 Å². The second kappa shape index (κ2) is 3.30. The van der Waals surface area contributed by atoms with E-state index in [9.17, 15) is 0 Å². The van der Waals surface area contributed by atoms with Crippen molar-refractivity contribution in [1.29, 1.82) is 0 Å². The molecule has 78 valence electrons. The molecule has 1 fully saturated rings. The van der Waals surface area contributed by atoms with Crippen LogP contribution in [0.15, 0.2) is 6.20 Å². The third-order valence-corrected chi connectivity index (χ3v) is 3.64. The molecule has 2 N–H and O–H groups in total. The Morgan fingerprint density at radius 3 is 2.64 bits per heavy atom. The van der Waals surface area contributed by atoms with Gasteiger partial charge in [0.25, 0.3) is 0 Å². The van der Waals surface area contributed by atoms with E-state index < -0.39 is 0 Å². The number of aryl methyl sites for hydroxylation is 1. The van der Waals surface area contributed by atoms with Crippen molar-refractivity contribution in [3.8, 4) is 0 Å². The van der Waals surface area contributed by atoms with Crippen molar-refractivity contribution < 1.29 is 0 Å². The number of anilines is 1. The van der Waals surface area contributed by atoms with Gasteiger partial charge in [0.2, 0.25) is 0 Å². The quantitative estimate of drug-likeness (QED) is 0.800. The molecule has 0 unspecified atom stereocenters. The minimum atomic E-state index is 0.519. The Hall–Kier alpha value is -0.990. The fourth-order valence-electron chi connectivity index (χ4n) is 2.26. The first-order valence-corrected chi connectivity index (χ1v) is 5.45. The van der Waals surface area contributed by atoms with Gasteiger partial charge in [0.15, 0.2) is 0 Å². The average Bonchev–Trinajstić information content (AvgIpc) is 2.39. The Labute approximate surface area is 85.3 Å². The lowest BCUT2D eigenvalue weighted by Gasteiger charge is -2.41.